The van der Waals surface area contributed by atoms with Crippen molar-refractivity contribution in [1.82, 2.24) is 10.2 Å². The van der Waals surface area contributed by atoms with Gasteiger partial charge >= 0.3 is 6.03 Å². The third-order valence-electron chi connectivity index (χ3n) is 3.79. The molecule has 20 heavy (non-hydrogen) atoms. The van der Waals surface area contributed by atoms with Crippen LogP contribution in [0, 0.1) is 6.92 Å². The fourth-order valence-electron chi connectivity index (χ4n) is 2.54. The molecule has 2 rings (SSSR count). The number of aliphatic hydroxyl groups is 1. The van der Waals surface area contributed by atoms with Crippen LogP contribution in [0.5, 0.6) is 0 Å². The summed E-state index contributed by atoms with van der Waals surface area (Å²) < 4.78 is 0. The number of rotatable bonds is 5. The highest BCUT2D eigenvalue weighted by atomic mass is 16.3. The maximum atomic E-state index is 12.6. The summed E-state index contributed by atoms with van der Waals surface area (Å²) in [7, 11) is 0. The molecule has 5 heteroatoms. The van der Waals surface area contributed by atoms with Crippen molar-refractivity contribution in [1.29, 1.82) is 0 Å². The van der Waals surface area contributed by atoms with Crippen LogP contribution in [-0.2, 0) is 10.3 Å². The normalized spacial score (nSPS) is 22.2. The maximum Gasteiger partial charge on any atom is 0.325 e. The molecule has 3 amide bonds. The predicted molar refractivity (Wildman–Crippen MR) is 75.1 cm³/mol. The number of aryl methyl sites for hydroxylation is 1. The van der Waals surface area contributed by atoms with Crippen molar-refractivity contribution in [2.45, 2.75) is 32.2 Å². The second kappa shape index (κ2) is 5.63. The number of urea groups is 1. The van der Waals surface area contributed by atoms with Gasteiger partial charge in [-0.25, -0.2) is 4.79 Å². The minimum atomic E-state index is -0.972. The van der Waals surface area contributed by atoms with Crippen molar-refractivity contribution in [3.05, 3.63) is 35.4 Å². The molecule has 2 N–H and O–H groups in total. The number of hydrogen-bond acceptors (Lipinski definition) is 3. The lowest BCUT2D eigenvalue weighted by molar-refractivity contribution is -0.131. The summed E-state index contributed by atoms with van der Waals surface area (Å²) >= 11 is 0. The summed E-state index contributed by atoms with van der Waals surface area (Å²) in [5.41, 5.74) is 0.935. The Labute approximate surface area is 118 Å². The third kappa shape index (κ3) is 2.29. The average molecular weight is 276 g/mol. The van der Waals surface area contributed by atoms with Crippen LogP contribution in [0.15, 0.2) is 24.3 Å². The smallest absolute Gasteiger partial charge is 0.325 e. The topological polar surface area (TPSA) is 69.6 Å². The Morgan fingerprint density at radius 3 is 2.45 bits per heavy atom. The molecule has 0 radical (unpaired) electrons. The van der Waals surface area contributed by atoms with E-state index in [0.717, 1.165) is 11.1 Å². The molecule has 108 valence electrons. The lowest BCUT2D eigenvalue weighted by Crippen LogP contribution is -2.43. The van der Waals surface area contributed by atoms with Crippen LogP contribution in [-0.4, -0.2) is 35.1 Å². The molecule has 1 fully saturated rings. The Morgan fingerprint density at radius 2 is 1.90 bits per heavy atom. The molecule has 0 saturated carbocycles. The number of carbonyl (C=O) groups excluding carboxylic acids is 2. The number of hydrogen-bond donors (Lipinski definition) is 2. The van der Waals surface area contributed by atoms with E-state index in [1.54, 1.807) is 0 Å². The van der Waals surface area contributed by atoms with Crippen molar-refractivity contribution in [3.63, 3.8) is 0 Å². The van der Waals surface area contributed by atoms with E-state index in [2.05, 4.69) is 5.32 Å². The summed E-state index contributed by atoms with van der Waals surface area (Å²) in [5, 5.41) is 11.7. The van der Waals surface area contributed by atoms with E-state index in [1.807, 2.05) is 38.1 Å². The summed E-state index contributed by atoms with van der Waals surface area (Å²) in [4.78, 5) is 25.8. The highest BCUT2D eigenvalue weighted by Gasteiger charge is 2.50. The Balaban J connectivity index is 2.34. The molecule has 1 aromatic rings. The van der Waals surface area contributed by atoms with E-state index >= 15 is 0 Å². The quantitative estimate of drug-likeness (QED) is 0.801. The Hall–Kier alpha value is -1.88. The molecule has 1 atom stereocenters. The van der Waals surface area contributed by atoms with E-state index in [0.29, 0.717) is 12.8 Å². The zero-order chi connectivity index (χ0) is 14.8. The fourth-order valence-corrected chi connectivity index (χ4v) is 2.54. The van der Waals surface area contributed by atoms with Gasteiger partial charge in [0.25, 0.3) is 5.91 Å². The number of nitrogens with one attached hydrogen (secondary N) is 1. The van der Waals surface area contributed by atoms with E-state index in [4.69, 9.17) is 5.11 Å². The molecule has 0 spiro atoms. The number of carbonyl (C=O) groups is 2. The van der Waals surface area contributed by atoms with Gasteiger partial charge < -0.3 is 10.4 Å². The van der Waals surface area contributed by atoms with Gasteiger partial charge in [0.15, 0.2) is 0 Å². The van der Waals surface area contributed by atoms with Gasteiger partial charge in [-0.3, -0.25) is 9.69 Å². The van der Waals surface area contributed by atoms with Crippen molar-refractivity contribution in [3.8, 4) is 0 Å². The number of amides is 3. The number of nitrogens with zero attached hydrogens (tertiary/aromatic N) is 1. The zero-order valence-corrected chi connectivity index (χ0v) is 11.8. The fraction of sp³-hybridized carbons (Fsp3) is 0.467. The van der Waals surface area contributed by atoms with Gasteiger partial charge in [0.1, 0.15) is 5.54 Å². The standard InChI is InChI=1S/C15H20N2O3/c1-3-15(12-7-5-11(2)6-8-12)13(19)17(9-4-10-18)14(20)16-15/h5-8,18H,3-4,9-10H2,1-2H3,(H,16,20). The number of imide groups is 1. The maximum absolute atomic E-state index is 12.6. The van der Waals surface area contributed by atoms with Gasteiger partial charge in [-0.05, 0) is 25.3 Å². The molecule has 5 nitrogen and oxygen atoms in total. The minimum Gasteiger partial charge on any atom is -0.396 e. The van der Waals surface area contributed by atoms with E-state index in [9.17, 15) is 9.59 Å². The van der Waals surface area contributed by atoms with Crippen LogP contribution in [0.25, 0.3) is 0 Å². The van der Waals surface area contributed by atoms with E-state index in [1.165, 1.54) is 4.90 Å². The van der Waals surface area contributed by atoms with Gasteiger partial charge in [-0.1, -0.05) is 36.8 Å². The third-order valence-corrected chi connectivity index (χ3v) is 3.79. The lowest BCUT2D eigenvalue weighted by Gasteiger charge is -2.26. The molecule has 1 unspecified atom stereocenters. The molecular formula is C15H20N2O3. The molecule has 1 aliphatic heterocycles. The van der Waals surface area contributed by atoms with Gasteiger partial charge in [0.2, 0.25) is 0 Å². The first-order valence-corrected chi connectivity index (χ1v) is 6.87. The molecule has 1 aliphatic rings. The molecular weight excluding hydrogens is 256 g/mol. The second-order valence-corrected chi connectivity index (χ2v) is 5.09. The van der Waals surface area contributed by atoms with Gasteiger partial charge in [-0.2, -0.15) is 0 Å². The first-order valence-electron chi connectivity index (χ1n) is 6.87. The largest absolute Gasteiger partial charge is 0.396 e. The summed E-state index contributed by atoms with van der Waals surface area (Å²) in [5.74, 6) is -0.234. The second-order valence-electron chi connectivity index (χ2n) is 5.09. The first-order chi connectivity index (χ1) is 9.55. The van der Waals surface area contributed by atoms with Crippen LogP contribution in [0.2, 0.25) is 0 Å². The van der Waals surface area contributed by atoms with Crippen LogP contribution < -0.4 is 5.32 Å². The van der Waals surface area contributed by atoms with Crippen LogP contribution in [0.3, 0.4) is 0 Å². The number of benzene rings is 1. The monoisotopic (exact) mass is 276 g/mol. The Morgan fingerprint density at radius 1 is 1.25 bits per heavy atom. The van der Waals surface area contributed by atoms with Crippen LogP contribution in [0.1, 0.15) is 30.9 Å². The number of aliphatic hydroxyl groups excluding tert-OH is 1. The highest BCUT2D eigenvalue weighted by Crippen LogP contribution is 2.32. The summed E-state index contributed by atoms with van der Waals surface area (Å²) in [6, 6.07) is 7.25. The minimum absolute atomic E-state index is 0.0410. The van der Waals surface area contributed by atoms with E-state index < -0.39 is 5.54 Å². The molecule has 0 aromatic heterocycles. The SMILES string of the molecule is CCC1(c2ccc(C)cc2)NC(=O)N(CCCO)C1=O. The molecule has 0 aliphatic carbocycles. The first kappa shape index (κ1) is 14.5. The molecule has 1 heterocycles. The van der Waals surface area contributed by atoms with Crippen LogP contribution >= 0.6 is 0 Å². The highest BCUT2D eigenvalue weighted by molar-refractivity contribution is 6.07. The summed E-state index contributed by atoms with van der Waals surface area (Å²) in [6.45, 7) is 4.06. The average Bonchev–Trinajstić information content (AvgIpc) is 2.69. The van der Waals surface area contributed by atoms with E-state index in [-0.39, 0.29) is 25.1 Å². The van der Waals surface area contributed by atoms with Crippen LogP contribution in [0.4, 0.5) is 4.79 Å². The Bertz CT molecular complexity index is 512. The summed E-state index contributed by atoms with van der Waals surface area (Å²) in [6.07, 6.45) is 0.892. The molecule has 1 aromatic carbocycles. The van der Waals surface area contributed by atoms with Gasteiger partial charge in [0.05, 0.1) is 0 Å². The van der Waals surface area contributed by atoms with Gasteiger partial charge in [-0.15, -0.1) is 0 Å². The Kier molecular flexibility index (Phi) is 4.09. The van der Waals surface area contributed by atoms with Crippen molar-refractivity contribution < 1.29 is 14.7 Å². The molecule has 1 saturated heterocycles. The van der Waals surface area contributed by atoms with Gasteiger partial charge in [0, 0.05) is 13.2 Å². The zero-order valence-electron chi connectivity index (χ0n) is 11.8. The lowest BCUT2D eigenvalue weighted by atomic mass is 9.86. The van der Waals surface area contributed by atoms with Crippen molar-refractivity contribution in [2.24, 2.45) is 0 Å². The molecule has 0 bridgehead atoms. The predicted octanol–water partition coefficient (Wildman–Crippen LogP) is 1.53. The van der Waals surface area contributed by atoms with Crippen molar-refractivity contribution >= 4 is 11.9 Å². The van der Waals surface area contributed by atoms with Crippen molar-refractivity contribution in [2.75, 3.05) is 13.2 Å².